The highest BCUT2D eigenvalue weighted by molar-refractivity contribution is 5.75. The molecule has 0 aliphatic carbocycles. The number of hydrogen-bond acceptors (Lipinski definition) is 7. The Labute approximate surface area is 267 Å². The van der Waals surface area contributed by atoms with Gasteiger partial charge >= 0.3 is 0 Å². The predicted molar refractivity (Wildman–Crippen MR) is 178 cm³/mol. The summed E-state index contributed by atoms with van der Waals surface area (Å²) < 4.78 is 0. The van der Waals surface area contributed by atoms with Crippen molar-refractivity contribution < 1.29 is 20.4 Å². The Bertz CT molecular complexity index is 1830. The van der Waals surface area contributed by atoms with E-state index in [1.54, 1.807) is 127 Å². The van der Waals surface area contributed by atoms with E-state index in [9.17, 15) is 20.4 Å². The highest BCUT2D eigenvalue weighted by Gasteiger charge is 2.57. The number of rotatable bonds is 7. The molecule has 0 bridgehead atoms. The molecule has 1 aromatic heterocycles. The zero-order valence-electron chi connectivity index (χ0n) is 24.9. The van der Waals surface area contributed by atoms with Crippen molar-refractivity contribution in [3.05, 3.63) is 191 Å². The van der Waals surface area contributed by atoms with Crippen LogP contribution in [-0.2, 0) is 22.7 Å². The van der Waals surface area contributed by atoms with Crippen molar-refractivity contribution in [3.63, 3.8) is 0 Å². The lowest BCUT2D eigenvalue weighted by molar-refractivity contribution is -0.137. The van der Waals surface area contributed by atoms with Gasteiger partial charge in [-0.15, -0.1) is 0 Å². The zero-order valence-corrected chi connectivity index (χ0v) is 24.9. The van der Waals surface area contributed by atoms with Gasteiger partial charge in [-0.1, -0.05) is 134 Å². The average molecular weight is 608 g/mol. The molecule has 0 spiro atoms. The first-order valence-corrected chi connectivity index (χ1v) is 15.0. The number of nitrogens with one attached hydrogen (secondary N) is 2. The topological polar surface area (TPSA) is 118 Å². The van der Waals surface area contributed by atoms with E-state index in [-0.39, 0.29) is 0 Å². The summed E-state index contributed by atoms with van der Waals surface area (Å²) >= 11 is 0. The molecular formula is C39H33N3O4. The van der Waals surface area contributed by atoms with Crippen LogP contribution in [0.5, 0.6) is 0 Å². The number of nitrogens with zero attached hydrogens (tertiary/aromatic N) is 1. The Morgan fingerprint density at radius 3 is 1.15 bits per heavy atom. The molecule has 46 heavy (non-hydrogen) atoms. The number of aromatic nitrogens is 1. The summed E-state index contributed by atoms with van der Waals surface area (Å²) in [5.41, 5.74) is -3.36. The van der Waals surface area contributed by atoms with Crippen LogP contribution in [0.2, 0.25) is 0 Å². The molecule has 3 heterocycles. The van der Waals surface area contributed by atoms with Gasteiger partial charge in [-0.25, -0.2) is 4.98 Å². The molecule has 6 N–H and O–H groups in total. The van der Waals surface area contributed by atoms with E-state index in [4.69, 9.17) is 4.98 Å². The van der Waals surface area contributed by atoms with Gasteiger partial charge in [0, 0.05) is 11.1 Å². The lowest BCUT2D eigenvalue weighted by Crippen LogP contribution is -2.52. The molecule has 4 atom stereocenters. The highest BCUT2D eigenvalue weighted by atomic mass is 16.4. The van der Waals surface area contributed by atoms with E-state index in [2.05, 4.69) is 17.2 Å². The van der Waals surface area contributed by atoms with Crippen molar-refractivity contribution >= 4 is 17.5 Å². The maximum Gasteiger partial charge on any atom is 0.199 e. The molecule has 2 aliphatic heterocycles. The molecule has 7 rings (SSSR count). The summed E-state index contributed by atoms with van der Waals surface area (Å²) in [5, 5.41) is 55.2. The number of hydrogen-bond donors (Lipinski definition) is 6. The van der Waals surface area contributed by atoms with Gasteiger partial charge in [0.05, 0.1) is 22.8 Å². The molecule has 7 nitrogen and oxygen atoms in total. The van der Waals surface area contributed by atoms with Crippen molar-refractivity contribution in [3.8, 4) is 0 Å². The van der Waals surface area contributed by atoms with Crippen LogP contribution in [0.1, 0.15) is 39.2 Å². The molecule has 0 saturated carbocycles. The van der Waals surface area contributed by atoms with Crippen LogP contribution in [0.4, 0.5) is 0 Å². The van der Waals surface area contributed by atoms with Crippen molar-refractivity contribution in [2.24, 2.45) is 0 Å². The second-order valence-corrected chi connectivity index (χ2v) is 11.7. The average Bonchev–Trinajstić information content (AvgIpc) is 3.57. The third-order valence-electron chi connectivity index (χ3n) is 8.89. The van der Waals surface area contributed by atoms with E-state index in [0.29, 0.717) is 50.6 Å². The molecule has 2 aliphatic rings. The SMILES string of the molecule is C=Cc1cc(C2=C[C@](O)(c3ccccc3)[C@@](O)(c3ccccc3)N2)nc(C2=C[C@](O)(c3ccccc3)[C@@](O)(c3ccccc3)N2)c1. The second kappa shape index (κ2) is 10.9. The lowest BCUT2D eigenvalue weighted by atomic mass is 9.81. The van der Waals surface area contributed by atoms with Crippen molar-refractivity contribution in [2.75, 3.05) is 0 Å². The Kier molecular flexibility index (Phi) is 6.99. The summed E-state index contributed by atoms with van der Waals surface area (Å²) in [6.07, 6.45) is 4.82. The van der Waals surface area contributed by atoms with Crippen LogP contribution in [-0.4, -0.2) is 25.4 Å². The van der Waals surface area contributed by atoms with E-state index in [0.717, 1.165) is 0 Å². The minimum absolute atomic E-state index is 0.387. The highest BCUT2D eigenvalue weighted by Crippen LogP contribution is 2.49. The number of aliphatic hydroxyl groups is 4. The quantitative estimate of drug-likeness (QED) is 0.153. The van der Waals surface area contributed by atoms with Gasteiger partial charge in [0.2, 0.25) is 0 Å². The summed E-state index contributed by atoms with van der Waals surface area (Å²) in [6.45, 7) is 3.97. The van der Waals surface area contributed by atoms with E-state index in [1.807, 2.05) is 24.3 Å². The minimum Gasteiger partial charge on any atom is -0.375 e. The molecular weight excluding hydrogens is 574 g/mol. The van der Waals surface area contributed by atoms with Crippen molar-refractivity contribution in [1.29, 1.82) is 0 Å². The third-order valence-corrected chi connectivity index (χ3v) is 8.89. The van der Waals surface area contributed by atoms with E-state index in [1.165, 1.54) is 0 Å². The van der Waals surface area contributed by atoms with Gasteiger partial charge in [0.15, 0.2) is 22.7 Å². The zero-order chi connectivity index (χ0) is 32.0. The number of benzene rings is 4. The maximum absolute atomic E-state index is 12.2. The minimum atomic E-state index is -1.93. The van der Waals surface area contributed by atoms with Crippen LogP contribution in [0.15, 0.2) is 152 Å². The Morgan fingerprint density at radius 1 is 0.500 bits per heavy atom. The lowest BCUT2D eigenvalue weighted by Gasteiger charge is -2.38. The summed E-state index contributed by atoms with van der Waals surface area (Å²) in [7, 11) is 0. The first-order chi connectivity index (χ1) is 22.2. The fourth-order valence-corrected chi connectivity index (χ4v) is 6.41. The molecule has 0 fully saturated rings. The summed E-state index contributed by atoms with van der Waals surface area (Å²) in [6, 6.07) is 39.4. The van der Waals surface area contributed by atoms with E-state index >= 15 is 0 Å². The first-order valence-electron chi connectivity index (χ1n) is 15.0. The fraction of sp³-hybridized carbons (Fsp3) is 0.103. The standard InChI is InChI=1S/C39H33N3O4/c1-2-27-23-32(34-25-36(43,28-15-7-3-8-16-28)38(45,41-34)30-19-11-5-12-20-30)40-33(24-27)35-26-37(44,29-17-9-4-10-18-29)39(46,42-35)31-21-13-6-14-22-31/h2-26,41-46H,1H2/t36-,37-,38-,39-/m0/s1. The maximum atomic E-state index is 12.2. The van der Waals surface area contributed by atoms with Gasteiger partial charge in [-0.2, -0.15) is 0 Å². The molecule has 0 amide bonds. The van der Waals surface area contributed by atoms with Crippen LogP contribution >= 0.6 is 0 Å². The summed E-state index contributed by atoms with van der Waals surface area (Å²) in [5.74, 6) is 0. The molecule has 0 saturated heterocycles. The van der Waals surface area contributed by atoms with Gasteiger partial charge in [0.1, 0.15) is 0 Å². The molecule has 7 heteroatoms. The van der Waals surface area contributed by atoms with Crippen LogP contribution < -0.4 is 10.6 Å². The Morgan fingerprint density at radius 2 is 0.826 bits per heavy atom. The van der Waals surface area contributed by atoms with Gasteiger partial charge in [-0.3, -0.25) is 0 Å². The fourth-order valence-electron chi connectivity index (χ4n) is 6.41. The molecule has 5 aromatic rings. The molecule has 228 valence electrons. The molecule has 0 radical (unpaired) electrons. The van der Waals surface area contributed by atoms with Crippen molar-refractivity contribution in [2.45, 2.75) is 22.7 Å². The summed E-state index contributed by atoms with van der Waals surface area (Å²) in [4.78, 5) is 4.93. The van der Waals surface area contributed by atoms with Crippen molar-refractivity contribution in [1.82, 2.24) is 15.6 Å². The first kappa shape index (κ1) is 29.4. The molecule has 4 aromatic carbocycles. The smallest absolute Gasteiger partial charge is 0.199 e. The monoisotopic (exact) mass is 607 g/mol. The van der Waals surface area contributed by atoms with Crippen LogP contribution in [0, 0.1) is 0 Å². The Balaban J connectivity index is 1.37. The second-order valence-electron chi connectivity index (χ2n) is 11.7. The van der Waals surface area contributed by atoms with Gasteiger partial charge < -0.3 is 31.1 Å². The third kappa shape index (κ3) is 4.49. The normalized spacial score (nSPS) is 26.9. The van der Waals surface area contributed by atoms with Crippen LogP contribution in [0.3, 0.4) is 0 Å². The van der Waals surface area contributed by atoms with Gasteiger partial charge in [0.25, 0.3) is 0 Å². The predicted octanol–water partition coefficient (Wildman–Crippen LogP) is 5.08. The number of pyridine rings is 1. The van der Waals surface area contributed by atoms with E-state index < -0.39 is 22.7 Å². The Hall–Kier alpha value is -5.31. The van der Waals surface area contributed by atoms with Gasteiger partial charge in [-0.05, 0) is 41.0 Å². The molecule has 0 unspecified atom stereocenters. The van der Waals surface area contributed by atoms with Crippen LogP contribution in [0.25, 0.3) is 17.5 Å². The largest absolute Gasteiger partial charge is 0.375 e.